The van der Waals surface area contributed by atoms with Crippen LogP contribution in [0.15, 0.2) is 164 Å². The standard InChI is InChI=1S/C66H64N4O.Pt/c1-63(2,3)48-38-46(39-49(40-48)64(4,5)6)54-28-21-27-53(45-22-12-10-13-23-45)62(54)69-44-68(58-30-16-17-31-59(58)69)50-24-20-25-51(42-50)71-52-32-33-56-55-26-14-15-29-57(55)70(60(56)43-52)61-41-47(34-37-67-61)66(65(7,8)9)35-18-11-19-36-66;/h10,12-17,20-34,37-41H,11,18-19,35-36H2,1-9H3;/q-2;/i10D,12D,13D,14D,15D,22D,23D,26D,29D;. The Labute approximate surface area is 449 Å². The molecule has 10 aromatic rings. The molecule has 3 heterocycles. The average Bonchev–Trinajstić information content (AvgIpc) is 3.47. The van der Waals surface area contributed by atoms with Crippen molar-refractivity contribution in [3.8, 4) is 50.9 Å². The average molecular weight is 1130 g/mol. The van der Waals surface area contributed by atoms with E-state index in [4.69, 9.17) is 17.9 Å². The number of aromatic nitrogens is 4. The molecule has 5 nitrogen and oxygen atoms in total. The van der Waals surface area contributed by atoms with Crippen molar-refractivity contribution in [1.82, 2.24) is 18.7 Å². The second kappa shape index (κ2) is 18.2. The molecule has 1 saturated carbocycles. The first-order chi connectivity index (χ1) is 38.2. The molecule has 0 amide bonds. The predicted molar refractivity (Wildman–Crippen MR) is 295 cm³/mol. The molecule has 7 aromatic carbocycles. The third-order valence-corrected chi connectivity index (χ3v) is 15.9. The van der Waals surface area contributed by atoms with Crippen LogP contribution >= 0.6 is 0 Å². The summed E-state index contributed by atoms with van der Waals surface area (Å²) >= 11 is 2.31. The summed E-state index contributed by atoms with van der Waals surface area (Å²) in [5.41, 5.74) is 8.79. The predicted octanol–water partition coefficient (Wildman–Crippen LogP) is 17.6. The molecule has 0 saturated heterocycles. The number of hydrogen-bond donors (Lipinski definition) is 0. The Bertz CT molecular complexity index is 4220. The Kier molecular flexibility index (Phi) is 9.63. The number of benzene rings is 7. The number of imidazole rings is 1. The number of ether oxygens (including phenoxy) is 1. The van der Waals surface area contributed by atoms with E-state index in [1.54, 1.807) is 6.07 Å². The Morgan fingerprint density at radius 2 is 1.22 bits per heavy atom. The molecule has 11 rings (SSSR count). The van der Waals surface area contributed by atoms with Crippen LogP contribution in [0, 0.1) is 21.4 Å². The number of pyridine rings is 1. The van der Waals surface area contributed by atoms with Gasteiger partial charge in [0.05, 0.1) is 5.48 Å². The summed E-state index contributed by atoms with van der Waals surface area (Å²) in [5.74, 6) is 1.23. The molecule has 3 aromatic heterocycles. The van der Waals surface area contributed by atoms with E-state index in [2.05, 4.69) is 133 Å². The van der Waals surface area contributed by atoms with Gasteiger partial charge in [-0.2, -0.15) is 0 Å². The summed E-state index contributed by atoms with van der Waals surface area (Å²) in [6.45, 7) is 20.1. The fourth-order valence-electron chi connectivity index (χ4n) is 10.9. The van der Waals surface area contributed by atoms with E-state index in [1.165, 1.54) is 6.42 Å². The van der Waals surface area contributed by atoms with Crippen molar-refractivity contribution in [2.45, 2.75) is 111 Å². The molecular formula is C66H64N4OPt-2. The normalized spacial score (nSPS) is 16.1. The molecule has 6 heteroatoms. The molecule has 1 fully saturated rings. The minimum absolute atomic E-state index is 0.0591. The molecule has 0 aliphatic heterocycles. The molecule has 0 bridgehead atoms. The van der Waals surface area contributed by atoms with Crippen molar-refractivity contribution in [2.24, 2.45) is 5.41 Å². The van der Waals surface area contributed by atoms with E-state index in [1.807, 2.05) is 77.5 Å². The Hall–Kier alpha value is -6.55. The molecule has 1 aliphatic carbocycles. The van der Waals surface area contributed by atoms with Gasteiger partial charge in [0.1, 0.15) is 0 Å². The van der Waals surface area contributed by atoms with E-state index in [-0.39, 0.29) is 63.5 Å². The molecule has 0 atom stereocenters. The maximum absolute atomic E-state index is 9.30. The van der Waals surface area contributed by atoms with Gasteiger partial charge in [-0.25, -0.2) is 0 Å². The summed E-state index contributed by atoms with van der Waals surface area (Å²) in [7, 11) is 0. The molecule has 0 spiro atoms. The summed E-state index contributed by atoms with van der Waals surface area (Å²) in [6, 6.07) is 38.1. The van der Waals surface area contributed by atoms with Gasteiger partial charge in [-0.1, -0.05) is 52.1 Å². The fourth-order valence-corrected chi connectivity index (χ4v) is 12.0. The summed E-state index contributed by atoms with van der Waals surface area (Å²) in [4.78, 5) is 4.92. The minimum atomic E-state index is -0.462. The van der Waals surface area contributed by atoms with Crippen molar-refractivity contribution in [1.29, 1.82) is 0 Å². The first-order valence-electron chi connectivity index (χ1n) is 29.4. The quantitative estimate of drug-likeness (QED) is 0.142. The molecule has 0 unspecified atom stereocenters. The van der Waals surface area contributed by atoms with Gasteiger partial charge in [0.15, 0.2) is 0 Å². The van der Waals surface area contributed by atoms with E-state index >= 15 is 0 Å². The Balaban J connectivity index is 1.10. The zero-order valence-electron chi connectivity index (χ0n) is 51.4. The number of para-hydroxylation sites is 4. The van der Waals surface area contributed by atoms with E-state index < -0.39 is 18.1 Å². The third-order valence-electron chi connectivity index (χ3n) is 14.9. The van der Waals surface area contributed by atoms with Crippen LogP contribution in [0.1, 0.15) is 123 Å². The van der Waals surface area contributed by atoms with Crippen molar-refractivity contribution in [2.75, 3.05) is 0 Å². The van der Waals surface area contributed by atoms with Crippen LogP contribution in [0.3, 0.4) is 0 Å². The number of nitrogens with zero attached hydrogens (tertiary/aromatic N) is 4. The molecule has 1 aliphatic rings. The zero-order valence-corrected chi connectivity index (χ0v) is 44.7. The number of hydrogen-bond acceptors (Lipinski definition) is 2. The van der Waals surface area contributed by atoms with Crippen LogP contribution < -0.4 is 4.74 Å². The zero-order chi connectivity index (χ0) is 58.0. The topological polar surface area (TPSA) is 36.9 Å². The monoisotopic (exact) mass is 1130 g/mol. The van der Waals surface area contributed by atoms with Crippen molar-refractivity contribution < 1.29 is 36.4 Å². The van der Waals surface area contributed by atoms with Gasteiger partial charge < -0.3 is 0 Å². The maximum atomic E-state index is 9.30. The molecular weight excluding hydrogens is 1060 g/mol. The van der Waals surface area contributed by atoms with E-state index in [0.29, 0.717) is 59.9 Å². The van der Waals surface area contributed by atoms with Crippen molar-refractivity contribution in [3.63, 3.8) is 0 Å². The van der Waals surface area contributed by atoms with E-state index in [9.17, 15) is 4.11 Å². The Morgan fingerprint density at radius 3 is 1.92 bits per heavy atom. The summed E-state index contributed by atoms with van der Waals surface area (Å²) < 4.78 is 94.1. The summed E-state index contributed by atoms with van der Waals surface area (Å²) in [6.07, 6.45) is 7.31. The number of rotatable bonds is 8. The van der Waals surface area contributed by atoms with Gasteiger partial charge in [0, 0.05) is 11.6 Å². The van der Waals surface area contributed by atoms with Gasteiger partial charge in [0.25, 0.3) is 0 Å². The molecule has 366 valence electrons. The first-order valence-corrected chi connectivity index (χ1v) is 26.1. The van der Waals surface area contributed by atoms with Crippen LogP contribution in [0.4, 0.5) is 0 Å². The second-order valence-electron chi connectivity index (χ2n) is 22.3. The second-order valence-corrected chi connectivity index (χ2v) is 23.4. The summed E-state index contributed by atoms with van der Waals surface area (Å²) in [5, 5.41) is 0.955. The van der Waals surface area contributed by atoms with Crippen molar-refractivity contribution in [3.05, 3.63) is 196 Å². The Morgan fingerprint density at radius 1 is 0.583 bits per heavy atom. The van der Waals surface area contributed by atoms with Crippen LogP contribution in [0.2, 0.25) is 0 Å². The van der Waals surface area contributed by atoms with Crippen LogP contribution in [0.25, 0.3) is 72.3 Å². The van der Waals surface area contributed by atoms with Crippen LogP contribution in [-0.2, 0) is 35.6 Å². The van der Waals surface area contributed by atoms with Gasteiger partial charge >= 0.3 is 352 Å². The molecule has 0 N–H and O–H groups in total. The van der Waals surface area contributed by atoms with Crippen molar-refractivity contribution >= 4 is 32.8 Å². The van der Waals surface area contributed by atoms with Crippen LogP contribution in [-0.4, -0.2) is 18.7 Å². The molecule has 0 radical (unpaired) electrons. The fraction of sp³-hybridized carbons (Fsp3) is 0.273. The molecule has 72 heavy (non-hydrogen) atoms. The van der Waals surface area contributed by atoms with Gasteiger partial charge in [-0.15, -0.1) is 0 Å². The van der Waals surface area contributed by atoms with E-state index in [0.717, 1.165) is 64.5 Å². The van der Waals surface area contributed by atoms with Gasteiger partial charge in [-0.3, -0.25) is 0 Å². The number of fused-ring (bicyclic) bond motifs is 4. The first kappa shape index (κ1) is 38.1. The van der Waals surface area contributed by atoms with Gasteiger partial charge in [-0.05, 0) is 29.9 Å². The van der Waals surface area contributed by atoms with Crippen LogP contribution in [0.5, 0.6) is 11.5 Å². The van der Waals surface area contributed by atoms with Gasteiger partial charge in [0.2, 0.25) is 0 Å². The SMILES string of the molecule is [2H]c1c([2H])c([2H])c(-c2cccc(-c3cc(C(C)(C)C)cc(C(C)(C)C)c3)c2-n2[c](=[Pt])n(-c3[c-]c(Oc4[c-]c5c(cc4)c4c([2H])c([2H])c([2H])c([2H])c4n5-c4cc(C5(C(C)(C)C)CCCCC5)ccn4)ccc3)c3ccccc32)c([2H])c1[2H]. The third kappa shape index (κ3) is 8.42.